The molecule has 0 saturated heterocycles. The van der Waals surface area contributed by atoms with E-state index in [-0.39, 0.29) is 23.5 Å². The van der Waals surface area contributed by atoms with Crippen molar-refractivity contribution in [2.24, 2.45) is 5.92 Å². The summed E-state index contributed by atoms with van der Waals surface area (Å²) in [6.07, 6.45) is 0. The number of hydrogen-bond donors (Lipinski definition) is 2. The number of halogens is 2. The maximum atomic E-state index is 13.1. The molecule has 2 aromatic carbocycles. The summed E-state index contributed by atoms with van der Waals surface area (Å²) in [4.78, 5) is 12.1. The Morgan fingerprint density at radius 2 is 1.91 bits per heavy atom. The molecule has 0 radical (unpaired) electrons. The van der Waals surface area contributed by atoms with Crippen LogP contribution >= 0.6 is 11.6 Å². The van der Waals surface area contributed by atoms with E-state index in [4.69, 9.17) is 11.6 Å². The Labute approximate surface area is 140 Å². The van der Waals surface area contributed by atoms with Crippen molar-refractivity contribution >= 4 is 23.2 Å². The molecule has 0 aliphatic rings. The third-order valence-electron chi connectivity index (χ3n) is 3.66. The Morgan fingerprint density at radius 3 is 2.52 bits per heavy atom. The standard InChI is InChI=1S/C18H20ClFN2O/c1-12(2)18(13-6-4-3-5-7-13)21-11-17(23)22-14-8-9-16(20)15(19)10-14/h3-10,12,18,21H,11H2,1-2H3,(H,22,23)/p+1/t18-/m0/s1. The first-order valence-corrected chi connectivity index (χ1v) is 7.98. The zero-order valence-corrected chi connectivity index (χ0v) is 14.0. The molecule has 122 valence electrons. The summed E-state index contributed by atoms with van der Waals surface area (Å²) in [5.41, 5.74) is 1.69. The van der Waals surface area contributed by atoms with Crippen molar-refractivity contribution in [1.29, 1.82) is 0 Å². The predicted molar refractivity (Wildman–Crippen MR) is 90.9 cm³/mol. The van der Waals surface area contributed by atoms with Gasteiger partial charge in [-0.2, -0.15) is 0 Å². The number of carbonyl (C=O) groups excluding carboxylic acids is 1. The molecule has 2 rings (SSSR count). The maximum absolute atomic E-state index is 13.1. The number of benzene rings is 2. The highest BCUT2D eigenvalue weighted by Crippen LogP contribution is 2.19. The van der Waals surface area contributed by atoms with Gasteiger partial charge in [0.1, 0.15) is 11.9 Å². The summed E-state index contributed by atoms with van der Waals surface area (Å²) in [6.45, 7) is 4.55. The van der Waals surface area contributed by atoms with Crippen molar-refractivity contribution in [2.75, 3.05) is 11.9 Å². The number of hydrogen-bond acceptors (Lipinski definition) is 1. The fourth-order valence-corrected chi connectivity index (χ4v) is 2.67. The van der Waals surface area contributed by atoms with Gasteiger partial charge in [0, 0.05) is 17.2 Å². The predicted octanol–water partition coefficient (Wildman–Crippen LogP) is 3.38. The van der Waals surface area contributed by atoms with Gasteiger partial charge in [0.15, 0.2) is 6.54 Å². The van der Waals surface area contributed by atoms with Crippen LogP contribution in [-0.2, 0) is 4.79 Å². The highest BCUT2D eigenvalue weighted by atomic mass is 35.5. The molecule has 23 heavy (non-hydrogen) atoms. The van der Waals surface area contributed by atoms with Crippen molar-refractivity contribution < 1.29 is 14.5 Å². The zero-order valence-electron chi connectivity index (χ0n) is 13.2. The third kappa shape index (κ3) is 5.05. The molecular weight excluding hydrogens is 315 g/mol. The molecule has 0 aliphatic carbocycles. The molecule has 0 saturated carbocycles. The van der Waals surface area contributed by atoms with Crippen LogP contribution in [0.3, 0.4) is 0 Å². The average Bonchev–Trinajstić information content (AvgIpc) is 2.52. The second kappa shape index (κ2) is 8.09. The molecule has 0 spiro atoms. The van der Waals surface area contributed by atoms with E-state index >= 15 is 0 Å². The molecule has 3 nitrogen and oxygen atoms in total. The minimum absolute atomic E-state index is 0.00359. The van der Waals surface area contributed by atoms with Gasteiger partial charge in [-0.15, -0.1) is 0 Å². The van der Waals surface area contributed by atoms with Crippen molar-refractivity contribution in [1.82, 2.24) is 0 Å². The minimum Gasteiger partial charge on any atom is -0.332 e. The van der Waals surface area contributed by atoms with Gasteiger partial charge in [-0.25, -0.2) is 4.39 Å². The Bertz CT molecular complexity index is 661. The van der Waals surface area contributed by atoms with Crippen LogP contribution < -0.4 is 10.6 Å². The van der Waals surface area contributed by atoms with E-state index < -0.39 is 5.82 Å². The number of nitrogens with one attached hydrogen (secondary N) is 1. The molecule has 5 heteroatoms. The van der Waals surface area contributed by atoms with Gasteiger partial charge in [0.2, 0.25) is 0 Å². The molecule has 3 N–H and O–H groups in total. The summed E-state index contributed by atoms with van der Waals surface area (Å²) < 4.78 is 13.1. The first kappa shape index (κ1) is 17.4. The van der Waals surface area contributed by atoms with E-state index in [1.54, 1.807) is 0 Å². The lowest BCUT2D eigenvalue weighted by Crippen LogP contribution is -2.88. The zero-order chi connectivity index (χ0) is 16.8. The quantitative estimate of drug-likeness (QED) is 0.835. The Kier molecular flexibility index (Phi) is 6.13. The van der Waals surface area contributed by atoms with Crippen molar-refractivity contribution in [3.63, 3.8) is 0 Å². The molecule has 1 atom stereocenters. The number of rotatable bonds is 6. The molecular formula is C18H21ClFN2O+. The Morgan fingerprint density at radius 1 is 1.22 bits per heavy atom. The lowest BCUT2D eigenvalue weighted by Gasteiger charge is -2.19. The smallest absolute Gasteiger partial charge is 0.279 e. The van der Waals surface area contributed by atoms with Crippen LogP contribution in [-0.4, -0.2) is 12.5 Å². The summed E-state index contributed by atoms with van der Waals surface area (Å²) in [5, 5.41) is 4.75. The van der Waals surface area contributed by atoms with Gasteiger partial charge in [-0.1, -0.05) is 55.8 Å². The fraction of sp³-hybridized carbons (Fsp3) is 0.278. The number of anilines is 1. The van der Waals surface area contributed by atoms with Gasteiger partial charge < -0.3 is 10.6 Å². The number of carbonyl (C=O) groups is 1. The largest absolute Gasteiger partial charge is 0.332 e. The van der Waals surface area contributed by atoms with E-state index in [9.17, 15) is 9.18 Å². The van der Waals surface area contributed by atoms with Crippen LogP contribution in [0.2, 0.25) is 5.02 Å². The molecule has 0 aliphatic heterocycles. The van der Waals surface area contributed by atoms with Crippen LogP contribution in [0.15, 0.2) is 48.5 Å². The van der Waals surface area contributed by atoms with Gasteiger partial charge in [-0.05, 0) is 18.2 Å². The highest BCUT2D eigenvalue weighted by molar-refractivity contribution is 6.31. The molecule has 1 amide bonds. The van der Waals surface area contributed by atoms with E-state index in [0.29, 0.717) is 11.6 Å². The van der Waals surface area contributed by atoms with Gasteiger partial charge >= 0.3 is 0 Å². The topological polar surface area (TPSA) is 45.7 Å². The summed E-state index contributed by atoms with van der Waals surface area (Å²) >= 11 is 5.71. The molecule has 0 heterocycles. The van der Waals surface area contributed by atoms with E-state index in [0.717, 1.165) is 0 Å². The van der Waals surface area contributed by atoms with Crippen LogP contribution in [0.1, 0.15) is 25.5 Å². The van der Waals surface area contributed by atoms with Crippen LogP contribution in [0, 0.1) is 11.7 Å². The van der Waals surface area contributed by atoms with Gasteiger partial charge in [-0.3, -0.25) is 4.79 Å². The first-order chi connectivity index (χ1) is 11.0. The Balaban J connectivity index is 1.95. The highest BCUT2D eigenvalue weighted by Gasteiger charge is 2.20. The van der Waals surface area contributed by atoms with Crippen molar-refractivity contribution in [3.8, 4) is 0 Å². The monoisotopic (exact) mass is 335 g/mol. The van der Waals surface area contributed by atoms with Crippen LogP contribution in [0.25, 0.3) is 0 Å². The fourth-order valence-electron chi connectivity index (χ4n) is 2.49. The second-order valence-corrected chi connectivity index (χ2v) is 6.20. The number of amides is 1. The van der Waals surface area contributed by atoms with Crippen molar-refractivity contribution in [2.45, 2.75) is 19.9 Å². The maximum Gasteiger partial charge on any atom is 0.279 e. The third-order valence-corrected chi connectivity index (χ3v) is 3.95. The van der Waals surface area contributed by atoms with Crippen LogP contribution in [0.5, 0.6) is 0 Å². The second-order valence-electron chi connectivity index (χ2n) is 5.80. The number of quaternary nitrogens is 1. The summed E-state index contributed by atoms with van der Waals surface area (Å²) in [6, 6.07) is 14.5. The first-order valence-electron chi connectivity index (χ1n) is 7.60. The SMILES string of the molecule is CC(C)[C@H]([NH2+]CC(=O)Nc1ccc(F)c(Cl)c1)c1ccccc1. The van der Waals surface area contributed by atoms with Gasteiger partial charge in [0.25, 0.3) is 5.91 Å². The molecule has 0 unspecified atom stereocenters. The van der Waals surface area contributed by atoms with Crippen molar-refractivity contribution in [3.05, 3.63) is 64.9 Å². The van der Waals surface area contributed by atoms with Gasteiger partial charge in [0.05, 0.1) is 5.02 Å². The normalized spacial score (nSPS) is 12.2. The average molecular weight is 336 g/mol. The molecule has 0 fully saturated rings. The lowest BCUT2D eigenvalue weighted by atomic mass is 9.96. The van der Waals surface area contributed by atoms with E-state index in [1.165, 1.54) is 23.8 Å². The number of nitrogens with two attached hydrogens (primary N) is 1. The van der Waals surface area contributed by atoms with E-state index in [2.05, 4.69) is 31.3 Å². The summed E-state index contributed by atoms with van der Waals surface area (Å²) in [5.74, 6) is -0.250. The molecule has 0 bridgehead atoms. The van der Waals surface area contributed by atoms with Crippen LogP contribution in [0.4, 0.5) is 10.1 Å². The Hall–Kier alpha value is -1.91. The van der Waals surface area contributed by atoms with E-state index in [1.807, 2.05) is 23.5 Å². The lowest BCUT2D eigenvalue weighted by molar-refractivity contribution is -0.692. The molecule has 2 aromatic rings. The summed E-state index contributed by atoms with van der Waals surface area (Å²) in [7, 11) is 0. The minimum atomic E-state index is -0.500. The molecule has 0 aromatic heterocycles.